The van der Waals surface area contributed by atoms with E-state index in [1.54, 1.807) is 24.3 Å². The summed E-state index contributed by atoms with van der Waals surface area (Å²) in [5.74, 6) is 0.0378. The molecule has 0 saturated heterocycles. The zero-order valence-corrected chi connectivity index (χ0v) is 18.9. The molecular formula is C22H18Cl2N2O5S. The Bertz CT molecular complexity index is 1280. The van der Waals surface area contributed by atoms with E-state index in [-0.39, 0.29) is 18.2 Å². The van der Waals surface area contributed by atoms with E-state index in [9.17, 15) is 13.2 Å². The summed E-state index contributed by atoms with van der Waals surface area (Å²) in [6, 6.07) is 16.7. The fourth-order valence-corrected chi connectivity index (χ4v) is 4.59. The first-order valence-corrected chi connectivity index (χ1v) is 11.8. The van der Waals surface area contributed by atoms with E-state index in [1.165, 1.54) is 18.2 Å². The maximum absolute atomic E-state index is 12.6. The number of fused-ring (bicyclic) bond motifs is 1. The van der Waals surface area contributed by atoms with Crippen molar-refractivity contribution in [1.82, 2.24) is 4.72 Å². The van der Waals surface area contributed by atoms with E-state index in [0.29, 0.717) is 33.7 Å². The summed E-state index contributed by atoms with van der Waals surface area (Å²) in [7, 11) is -4.07. The van der Waals surface area contributed by atoms with Gasteiger partial charge in [0.2, 0.25) is 6.79 Å². The summed E-state index contributed by atoms with van der Waals surface area (Å²) < 4.78 is 37.5. The Labute approximate surface area is 195 Å². The van der Waals surface area contributed by atoms with Crippen molar-refractivity contribution < 1.29 is 22.7 Å². The summed E-state index contributed by atoms with van der Waals surface area (Å²) >= 11 is 12.4. The van der Waals surface area contributed by atoms with E-state index in [0.717, 1.165) is 11.1 Å². The Morgan fingerprint density at radius 3 is 2.53 bits per heavy atom. The topological polar surface area (TPSA) is 93.7 Å². The quantitative estimate of drug-likeness (QED) is 0.512. The Morgan fingerprint density at radius 1 is 0.938 bits per heavy atom. The smallest absolute Gasteiger partial charge is 0.264 e. The lowest BCUT2D eigenvalue weighted by Gasteiger charge is -2.14. The van der Waals surface area contributed by atoms with E-state index in [1.807, 2.05) is 18.2 Å². The number of carbonyl (C=O) groups excluding carboxylic acids is 1. The molecule has 0 aliphatic carbocycles. The van der Waals surface area contributed by atoms with Gasteiger partial charge in [-0.1, -0.05) is 41.4 Å². The van der Waals surface area contributed by atoms with Gasteiger partial charge in [0.25, 0.3) is 15.9 Å². The summed E-state index contributed by atoms with van der Waals surface area (Å²) in [5.41, 5.74) is 2.36. The summed E-state index contributed by atoms with van der Waals surface area (Å²) in [6.07, 6.45) is 0.486. The molecule has 7 nitrogen and oxygen atoms in total. The molecule has 1 aliphatic rings. The summed E-state index contributed by atoms with van der Waals surface area (Å²) in [4.78, 5) is 12.3. The van der Waals surface area contributed by atoms with Crippen molar-refractivity contribution in [3.63, 3.8) is 0 Å². The lowest BCUT2D eigenvalue weighted by atomic mass is 10.0. The van der Waals surface area contributed by atoms with E-state index >= 15 is 0 Å². The minimum Gasteiger partial charge on any atom is -0.454 e. The van der Waals surface area contributed by atoms with Gasteiger partial charge in [0.1, 0.15) is 0 Å². The minimum atomic E-state index is -4.07. The molecule has 1 aliphatic heterocycles. The molecule has 0 bridgehead atoms. The first-order chi connectivity index (χ1) is 15.3. The third-order valence-electron chi connectivity index (χ3n) is 4.75. The molecule has 0 unspecified atom stereocenters. The van der Waals surface area contributed by atoms with Crippen LogP contribution in [0.1, 0.15) is 11.1 Å². The Balaban J connectivity index is 1.44. The lowest BCUT2D eigenvalue weighted by Crippen LogP contribution is -2.35. The van der Waals surface area contributed by atoms with E-state index in [4.69, 9.17) is 32.7 Å². The Kier molecular flexibility index (Phi) is 6.45. The SMILES string of the molecule is O=C(CNc1ccc(Cl)cc1Cc1ccccc1Cl)NS(=O)(=O)c1ccc2c(c1)OCO2. The van der Waals surface area contributed by atoms with Gasteiger partial charge >= 0.3 is 0 Å². The van der Waals surface area contributed by atoms with Crippen LogP contribution in [-0.2, 0) is 21.2 Å². The van der Waals surface area contributed by atoms with Gasteiger partial charge < -0.3 is 14.8 Å². The van der Waals surface area contributed by atoms with Crippen LogP contribution in [0.15, 0.2) is 65.6 Å². The highest BCUT2D eigenvalue weighted by Gasteiger charge is 2.22. The fourth-order valence-electron chi connectivity index (χ4n) is 3.19. The van der Waals surface area contributed by atoms with Crippen molar-refractivity contribution in [2.24, 2.45) is 0 Å². The average molecular weight is 493 g/mol. The van der Waals surface area contributed by atoms with Gasteiger partial charge in [-0.25, -0.2) is 13.1 Å². The second-order valence-electron chi connectivity index (χ2n) is 6.97. The second kappa shape index (κ2) is 9.28. The number of halogens is 2. The van der Waals surface area contributed by atoms with Crippen LogP contribution >= 0.6 is 23.2 Å². The monoisotopic (exact) mass is 492 g/mol. The van der Waals surface area contributed by atoms with Gasteiger partial charge in [-0.05, 0) is 47.5 Å². The number of hydrogen-bond donors (Lipinski definition) is 2. The molecule has 166 valence electrons. The van der Waals surface area contributed by atoms with Crippen molar-refractivity contribution in [3.05, 3.63) is 81.8 Å². The van der Waals surface area contributed by atoms with Crippen LogP contribution in [0.4, 0.5) is 5.69 Å². The van der Waals surface area contributed by atoms with Crippen LogP contribution < -0.4 is 19.5 Å². The van der Waals surface area contributed by atoms with E-state index < -0.39 is 15.9 Å². The number of ether oxygens (including phenoxy) is 2. The predicted molar refractivity (Wildman–Crippen MR) is 122 cm³/mol. The zero-order valence-electron chi connectivity index (χ0n) is 16.6. The van der Waals surface area contributed by atoms with Crippen LogP contribution in [-0.4, -0.2) is 27.7 Å². The molecule has 32 heavy (non-hydrogen) atoms. The normalized spacial score (nSPS) is 12.4. The van der Waals surface area contributed by atoms with Gasteiger partial charge in [-0.15, -0.1) is 0 Å². The molecular weight excluding hydrogens is 475 g/mol. The summed E-state index contributed by atoms with van der Waals surface area (Å²) in [5, 5.41) is 4.12. The largest absolute Gasteiger partial charge is 0.454 e. The molecule has 10 heteroatoms. The van der Waals surface area contributed by atoms with Crippen molar-refractivity contribution >= 4 is 44.8 Å². The Morgan fingerprint density at radius 2 is 1.72 bits per heavy atom. The number of anilines is 1. The highest BCUT2D eigenvalue weighted by molar-refractivity contribution is 7.90. The maximum atomic E-state index is 12.6. The number of amides is 1. The number of rotatable bonds is 7. The van der Waals surface area contributed by atoms with Gasteiger partial charge in [-0.2, -0.15) is 0 Å². The molecule has 0 atom stereocenters. The number of nitrogens with one attached hydrogen (secondary N) is 2. The lowest BCUT2D eigenvalue weighted by molar-refractivity contribution is -0.117. The maximum Gasteiger partial charge on any atom is 0.264 e. The van der Waals surface area contributed by atoms with Crippen molar-refractivity contribution in [2.75, 3.05) is 18.7 Å². The molecule has 2 N–H and O–H groups in total. The minimum absolute atomic E-state index is 0.0206. The molecule has 3 aromatic carbocycles. The third-order valence-corrected chi connectivity index (χ3v) is 6.72. The molecule has 0 aromatic heterocycles. The van der Waals surface area contributed by atoms with Crippen LogP contribution in [0.3, 0.4) is 0 Å². The molecule has 4 rings (SSSR count). The molecule has 0 radical (unpaired) electrons. The van der Waals surface area contributed by atoms with Crippen LogP contribution in [0.2, 0.25) is 10.0 Å². The van der Waals surface area contributed by atoms with Crippen LogP contribution in [0, 0.1) is 0 Å². The highest BCUT2D eigenvalue weighted by atomic mass is 35.5. The Hall–Kier alpha value is -2.94. The standard InChI is InChI=1S/C22H18Cl2N2O5S/c23-16-5-7-19(15(10-16)9-14-3-1-2-4-18(14)24)25-12-22(27)26-32(28,29)17-6-8-20-21(11-17)31-13-30-20/h1-8,10-11,25H,9,12-13H2,(H,26,27). The second-order valence-corrected chi connectivity index (χ2v) is 9.49. The van der Waals surface area contributed by atoms with Gasteiger partial charge in [0, 0.05) is 28.2 Å². The summed E-state index contributed by atoms with van der Waals surface area (Å²) in [6.45, 7) is -0.242. The van der Waals surface area contributed by atoms with Crippen molar-refractivity contribution in [2.45, 2.75) is 11.3 Å². The first-order valence-electron chi connectivity index (χ1n) is 9.53. The molecule has 0 spiro atoms. The number of hydrogen-bond acceptors (Lipinski definition) is 6. The predicted octanol–water partition coefficient (Wildman–Crippen LogP) is 4.23. The van der Waals surface area contributed by atoms with Gasteiger partial charge in [-0.3, -0.25) is 4.79 Å². The van der Waals surface area contributed by atoms with Gasteiger partial charge in [0.15, 0.2) is 11.5 Å². The van der Waals surface area contributed by atoms with Gasteiger partial charge in [0.05, 0.1) is 11.4 Å². The number of sulfonamides is 1. The molecule has 3 aromatic rings. The van der Waals surface area contributed by atoms with E-state index in [2.05, 4.69) is 10.0 Å². The number of carbonyl (C=O) groups is 1. The van der Waals surface area contributed by atoms with Crippen LogP contribution in [0.25, 0.3) is 0 Å². The molecule has 1 heterocycles. The molecule has 0 fully saturated rings. The molecule has 1 amide bonds. The van der Waals surface area contributed by atoms with Crippen molar-refractivity contribution in [3.8, 4) is 11.5 Å². The highest BCUT2D eigenvalue weighted by Crippen LogP contribution is 2.33. The average Bonchev–Trinajstić information content (AvgIpc) is 3.22. The van der Waals surface area contributed by atoms with Crippen molar-refractivity contribution in [1.29, 1.82) is 0 Å². The first kappa shape index (κ1) is 22.3. The number of benzene rings is 3. The van der Waals surface area contributed by atoms with Crippen LogP contribution in [0.5, 0.6) is 11.5 Å². The third kappa shape index (κ3) is 5.09. The molecule has 0 saturated carbocycles. The zero-order chi connectivity index (χ0) is 22.7. The fraction of sp³-hybridized carbons (Fsp3) is 0.136.